The molecule has 0 radical (unpaired) electrons. The van der Waals surface area contributed by atoms with Gasteiger partial charge in [-0.2, -0.15) is 4.31 Å². The number of hydrogen-bond donors (Lipinski definition) is 2. The predicted octanol–water partition coefficient (Wildman–Crippen LogP) is 3.39. The van der Waals surface area contributed by atoms with Gasteiger partial charge in [-0.15, -0.1) is 0 Å². The number of aliphatic imine (C=N–C) groups is 1. The molecule has 1 aliphatic carbocycles. The van der Waals surface area contributed by atoms with Crippen LogP contribution in [0.5, 0.6) is 0 Å². The average molecular weight is 516 g/mol. The van der Waals surface area contributed by atoms with E-state index in [-0.39, 0.29) is 19.0 Å². The van der Waals surface area contributed by atoms with E-state index in [1.807, 2.05) is 6.92 Å². The van der Waals surface area contributed by atoms with Gasteiger partial charge in [0.15, 0.2) is 0 Å². The van der Waals surface area contributed by atoms with Gasteiger partial charge < -0.3 is 11.1 Å². The van der Waals surface area contributed by atoms with Gasteiger partial charge in [0, 0.05) is 37.2 Å². The summed E-state index contributed by atoms with van der Waals surface area (Å²) in [6.07, 6.45) is 5.14. The van der Waals surface area contributed by atoms with Crippen molar-refractivity contribution in [3.05, 3.63) is 34.7 Å². The third-order valence-electron chi connectivity index (χ3n) is 7.99. The van der Waals surface area contributed by atoms with Crippen molar-refractivity contribution in [1.29, 1.82) is 0 Å². The van der Waals surface area contributed by atoms with Crippen LogP contribution in [0.15, 0.2) is 28.6 Å². The molecule has 2 heterocycles. The first-order chi connectivity index (χ1) is 16.9. The summed E-state index contributed by atoms with van der Waals surface area (Å²) in [5, 5.41) is 4.32. The van der Waals surface area contributed by atoms with Gasteiger partial charge >= 0.3 is 6.03 Å². The lowest BCUT2D eigenvalue weighted by Crippen LogP contribution is -2.50. The molecule has 3 amide bonds. The molecular formula is C26H37N5O4S. The van der Waals surface area contributed by atoms with Crippen LogP contribution in [0.25, 0.3) is 5.57 Å². The summed E-state index contributed by atoms with van der Waals surface area (Å²) in [4.78, 5) is 30.5. The minimum atomic E-state index is -3.68. The number of sulfonamides is 1. The van der Waals surface area contributed by atoms with E-state index in [0.717, 1.165) is 48.6 Å². The summed E-state index contributed by atoms with van der Waals surface area (Å²) in [6.45, 7) is 6.38. The molecule has 1 saturated heterocycles. The van der Waals surface area contributed by atoms with E-state index in [1.54, 1.807) is 32.2 Å². The van der Waals surface area contributed by atoms with E-state index < -0.39 is 21.6 Å². The van der Waals surface area contributed by atoms with Crippen molar-refractivity contribution in [1.82, 2.24) is 9.62 Å². The fraction of sp³-hybridized carbons (Fsp3) is 0.577. The zero-order valence-corrected chi connectivity index (χ0v) is 22.4. The van der Waals surface area contributed by atoms with Crippen LogP contribution in [0.3, 0.4) is 0 Å². The monoisotopic (exact) mass is 515 g/mol. The van der Waals surface area contributed by atoms with E-state index in [9.17, 15) is 18.0 Å². The molecule has 196 valence electrons. The second-order valence-electron chi connectivity index (χ2n) is 10.6. The molecule has 4 rings (SSSR count). The maximum atomic E-state index is 13.2. The predicted molar refractivity (Wildman–Crippen MR) is 142 cm³/mol. The van der Waals surface area contributed by atoms with Crippen molar-refractivity contribution in [3.8, 4) is 0 Å². The molecule has 3 N–H and O–H groups in total. The maximum absolute atomic E-state index is 13.2. The highest BCUT2D eigenvalue weighted by atomic mass is 32.2. The van der Waals surface area contributed by atoms with Gasteiger partial charge in [-0.25, -0.2) is 13.2 Å². The molecule has 1 aromatic rings. The van der Waals surface area contributed by atoms with Crippen molar-refractivity contribution >= 4 is 39.1 Å². The number of allylic oxidation sites excluding steroid dienone is 1. The SMILES string of the molecule is C/C(=C\S(=O)(=O)N1CCC2(CC1)N=C(C1CCC(C)CC1)NC2=O)c1ccc(N(C)C(N)=O)cc1C. The number of nitrogens with one attached hydrogen (secondary N) is 1. The average Bonchev–Trinajstić information content (AvgIpc) is 3.14. The minimum absolute atomic E-state index is 0.0865. The summed E-state index contributed by atoms with van der Waals surface area (Å²) in [5.74, 6) is 1.74. The number of anilines is 1. The Morgan fingerprint density at radius 2 is 1.86 bits per heavy atom. The van der Waals surface area contributed by atoms with Crippen LogP contribution in [-0.4, -0.2) is 56.2 Å². The molecular weight excluding hydrogens is 478 g/mol. The Morgan fingerprint density at radius 1 is 1.22 bits per heavy atom. The standard InChI is InChI=1S/C26H37N5O4S/c1-17-5-7-20(8-6-17)23-28-24(32)26(29-23)11-13-31(14-12-26)36(34,35)16-19(3)22-10-9-21(15-18(22)2)30(4)25(27)33/h9-10,15-17,20H,5-8,11-14H2,1-4H3,(H2,27,33)(H,28,29,32)/b19-16+. The Morgan fingerprint density at radius 3 is 2.44 bits per heavy atom. The third kappa shape index (κ3) is 5.20. The molecule has 1 spiro atoms. The fourth-order valence-electron chi connectivity index (χ4n) is 5.51. The Kier molecular flexibility index (Phi) is 7.30. The van der Waals surface area contributed by atoms with Crippen LogP contribution in [0.1, 0.15) is 63.5 Å². The fourth-order valence-corrected chi connectivity index (χ4v) is 6.92. The molecule has 3 aliphatic rings. The lowest BCUT2D eigenvalue weighted by molar-refractivity contribution is -0.125. The van der Waals surface area contributed by atoms with Gasteiger partial charge in [0.2, 0.25) is 10.0 Å². The van der Waals surface area contributed by atoms with Gasteiger partial charge in [-0.1, -0.05) is 25.8 Å². The van der Waals surface area contributed by atoms with E-state index >= 15 is 0 Å². The van der Waals surface area contributed by atoms with Crippen molar-refractivity contribution in [2.45, 2.75) is 64.8 Å². The lowest BCUT2D eigenvalue weighted by atomic mass is 9.82. The second kappa shape index (κ2) is 9.97. The molecule has 0 aromatic heterocycles. The van der Waals surface area contributed by atoms with Gasteiger partial charge in [-0.3, -0.25) is 14.7 Å². The molecule has 0 unspecified atom stereocenters. The van der Waals surface area contributed by atoms with Crippen molar-refractivity contribution in [2.75, 3.05) is 25.0 Å². The zero-order chi connectivity index (χ0) is 26.3. The Bertz CT molecular complexity index is 1210. The van der Waals surface area contributed by atoms with Crippen molar-refractivity contribution in [2.24, 2.45) is 22.6 Å². The van der Waals surface area contributed by atoms with Gasteiger partial charge in [0.25, 0.3) is 5.91 Å². The highest BCUT2D eigenvalue weighted by Gasteiger charge is 2.48. The first-order valence-corrected chi connectivity index (χ1v) is 14.2. The summed E-state index contributed by atoms with van der Waals surface area (Å²) in [6, 6.07) is 4.77. The number of amidine groups is 1. The normalized spacial score (nSPS) is 24.9. The van der Waals surface area contributed by atoms with Crippen LogP contribution in [-0.2, 0) is 14.8 Å². The number of piperidine rings is 1. The van der Waals surface area contributed by atoms with Crippen molar-refractivity contribution < 1.29 is 18.0 Å². The number of urea groups is 1. The first kappa shape index (κ1) is 26.3. The Labute approximate surface area is 213 Å². The van der Waals surface area contributed by atoms with Gasteiger partial charge in [0.1, 0.15) is 11.4 Å². The topological polar surface area (TPSA) is 125 Å². The van der Waals surface area contributed by atoms with Crippen LogP contribution in [0.4, 0.5) is 10.5 Å². The summed E-state index contributed by atoms with van der Waals surface area (Å²) >= 11 is 0. The number of aryl methyl sites for hydroxylation is 1. The van der Waals surface area contributed by atoms with Crippen LogP contribution >= 0.6 is 0 Å². The number of rotatable bonds is 5. The van der Waals surface area contributed by atoms with Gasteiger partial charge in [0.05, 0.1) is 0 Å². The Hall–Kier alpha value is -2.72. The quantitative estimate of drug-likeness (QED) is 0.623. The Balaban J connectivity index is 1.45. The van der Waals surface area contributed by atoms with E-state index in [4.69, 9.17) is 10.7 Å². The lowest BCUT2D eigenvalue weighted by Gasteiger charge is -2.34. The minimum Gasteiger partial charge on any atom is -0.351 e. The van der Waals surface area contributed by atoms with E-state index in [2.05, 4.69) is 12.2 Å². The number of nitrogens with two attached hydrogens (primary N) is 1. The summed E-state index contributed by atoms with van der Waals surface area (Å²) in [5.41, 5.74) is 7.35. The number of hydrogen-bond acceptors (Lipinski definition) is 5. The molecule has 9 nitrogen and oxygen atoms in total. The molecule has 1 saturated carbocycles. The highest BCUT2D eigenvalue weighted by Crippen LogP contribution is 2.36. The molecule has 10 heteroatoms. The third-order valence-corrected chi connectivity index (χ3v) is 9.73. The smallest absolute Gasteiger partial charge is 0.318 e. The number of nitrogens with zero attached hydrogens (tertiary/aromatic N) is 3. The second-order valence-corrected chi connectivity index (χ2v) is 12.4. The molecule has 2 fully saturated rings. The van der Waals surface area contributed by atoms with Gasteiger partial charge in [-0.05, 0) is 74.3 Å². The molecule has 0 atom stereocenters. The van der Waals surface area contributed by atoms with E-state index in [0.29, 0.717) is 30.0 Å². The summed E-state index contributed by atoms with van der Waals surface area (Å²) < 4.78 is 27.9. The first-order valence-electron chi connectivity index (χ1n) is 12.7. The highest BCUT2D eigenvalue weighted by molar-refractivity contribution is 7.92. The number of carbonyl (C=O) groups excluding carboxylic acids is 2. The number of carbonyl (C=O) groups is 2. The number of benzene rings is 1. The van der Waals surface area contributed by atoms with Crippen LogP contribution < -0.4 is 16.0 Å². The summed E-state index contributed by atoms with van der Waals surface area (Å²) in [7, 11) is -2.10. The van der Waals surface area contributed by atoms with Crippen LogP contribution in [0, 0.1) is 18.8 Å². The molecule has 1 aromatic carbocycles. The molecule has 0 bridgehead atoms. The zero-order valence-electron chi connectivity index (χ0n) is 21.6. The number of primary amides is 1. The maximum Gasteiger partial charge on any atom is 0.318 e. The molecule has 2 aliphatic heterocycles. The number of amides is 3. The van der Waals surface area contributed by atoms with E-state index in [1.165, 1.54) is 14.6 Å². The van der Waals surface area contributed by atoms with Crippen LogP contribution in [0.2, 0.25) is 0 Å². The van der Waals surface area contributed by atoms with Crippen molar-refractivity contribution in [3.63, 3.8) is 0 Å². The largest absolute Gasteiger partial charge is 0.351 e. The molecule has 36 heavy (non-hydrogen) atoms.